The lowest BCUT2D eigenvalue weighted by atomic mass is 10.2. The molecule has 2 rings (SSSR count). The van der Waals surface area contributed by atoms with Gasteiger partial charge in [-0.2, -0.15) is 11.3 Å². The lowest BCUT2D eigenvalue weighted by Crippen LogP contribution is -2.14. The summed E-state index contributed by atoms with van der Waals surface area (Å²) in [6, 6.07) is 6.48. The molecule has 0 saturated carbocycles. The molecule has 0 radical (unpaired) electrons. The summed E-state index contributed by atoms with van der Waals surface area (Å²) in [5, 5.41) is 7.14. The van der Waals surface area contributed by atoms with Gasteiger partial charge in [0.2, 0.25) is 0 Å². The third-order valence-corrected chi connectivity index (χ3v) is 5.09. The number of anilines is 1. The fraction of sp³-hybridized carbons (Fsp3) is 0.231. The zero-order valence-corrected chi connectivity index (χ0v) is 13.3. The van der Waals surface area contributed by atoms with Crippen molar-refractivity contribution in [3.05, 3.63) is 45.6 Å². The first-order valence-corrected chi connectivity index (χ1v) is 8.87. The maximum absolute atomic E-state index is 12.2. The average molecular weight is 331 g/mol. The van der Waals surface area contributed by atoms with Gasteiger partial charge >= 0.3 is 0 Å². The smallest absolute Gasteiger partial charge is 0.261 e. The van der Waals surface area contributed by atoms with Crippen LogP contribution in [0.3, 0.4) is 0 Å². The van der Waals surface area contributed by atoms with Crippen LogP contribution in [0.5, 0.6) is 0 Å². The van der Waals surface area contributed by atoms with E-state index >= 15 is 0 Å². The highest BCUT2D eigenvalue weighted by molar-refractivity contribution is 7.92. The third kappa shape index (κ3) is 3.73. The Morgan fingerprint density at radius 1 is 1.30 bits per heavy atom. The average Bonchev–Trinajstić information content (AvgIpc) is 2.89. The predicted octanol–water partition coefficient (Wildman–Crippen LogP) is 3.31. The van der Waals surface area contributed by atoms with E-state index in [0.29, 0.717) is 17.3 Å². The molecule has 1 aromatic carbocycles. The Kier molecular flexibility index (Phi) is 5.04. The first-order valence-electron chi connectivity index (χ1n) is 6.07. The molecule has 0 amide bonds. The molecule has 108 valence electrons. The van der Waals surface area contributed by atoms with Crippen LogP contribution in [-0.4, -0.2) is 15.0 Å². The second-order valence-corrected chi connectivity index (χ2v) is 7.02. The van der Waals surface area contributed by atoms with E-state index in [0.717, 1.165) is 12.1 Å². The van der Waals surface area contributed by atoms with Gasteiger partial charge in [-0.05, 0) is 35.7 Å². The lowest BCUT2D eigenvalue weighted by Gasteiger charge is -2.09. The molecule has 2 N–H and O–H groups in total. The summed E-state index contributed by atoms with van der Waals surface area (Å²) in [4.78, 5) is 0.161. The second kappa shape index (κ2) is 6.58. The molecule has 4 nitrogen and oxygen atoms in total. The van der Waals surface area contributed by atoms with Gasteiger partial charge in [0, 0.05) is 16.9 Å². The van der Waals surface area contributed by atoms with E-state index in [1.165, 1.54) is 17.4 Å². The monoisotopic (exact) mass is 330 g/mol. The molecular weight excluding hydrogens is 316 g/mol. The summed E-state index contributed by atoms with van der Waals surface area (Å²) in [6.45, 7) is 3.45. The number of thiophene rings is 1. The van der Waals surface area contributed by atoms with E-state index in [1.807, 2.05) is 12.3 Å². The van der Waals surface area contributed by atoms with Crippen LogP contribution in [0.4, 0.5) is 5.69 Å². The number of sulfonamides is 1. The Morgan fingerprint density at radius 3 is 2.70 bits per heavy atom. The van der Waals surface area contributed by atoms with Crippen LogP contribution in [0.2, 0.25) is 5.02 Å². The Labute approximate surface area is 127 Å². The Balaban J connectivity index is 2.22. The van der Waals surface area contributed by atoms with Crippen LogP contribution < -0.4 is 10.0 Å². The van der Waals surface area contributed by atoms with Crippen molar-refractivity contribution in [1.29, 1.82) is 0 Å². The van der Waals surface area contributed by atoms with Crippen LogP contribution in [0.15, 0.2) is 39.9 Å². The lowest BCUT2D eigenvalue weighted by molar-refractivity contribution is 0.601. The zero-order chi connectivity index (χ0) is 14.6. The van der Waals surface area contributed by atoms with Crippen molar-refractivity contribution in [2.24, 2.45) is 0 Å². The standard InChI is InChI=1S/C13H15ClN2O2S2/c1-2-15-8-10-3-4-12(7-13(10)14)20(17,18)16-11-5-6-19-9-11/h3-7,9,15-16H,2,8H2,1H3. The van der Waals surface area contributed by atoms with Crippen molar-refractivity contribution in [3.8, 4) is 0 Å². The van der Waals surface area contributed by atoms with Gasteiger partial charge in [0.15, 0.2) is 0 Å². The van der Waals surface area contributed by atoms with Gasteiger partial charge in [0.25, 0.3) is 10.0 Å². The van der Waals surface area contributed by atoms with E-state index in [2.05, 4.69) is 10.0 Å². The minimum atomic E-state index is -3.59. The molecule has 0 bridgehead atoms. The van der Waals surface area contributed by atoms with Crippen LogP contribution in [-0.2, 0) is 16.6 Å². The molecule has 0 saturated heterocycles. The summed E-state index contributed by atoms with van der Waals surface area (Å²) in [6.07, 6.45) is 0. The normalized spacial score (nSPS) is 11.5. The quantitative estimate of drug-likeness (QED) is 0.854. The maximum atomic E-state index is 12.2. The van der Waals surface area contributed by atoms with Crippen molar-refractivity contribution >= 4 is 38.6 Å². The molecule has 0 aliphatic heterocycles. The third-order valence-electron chi connectivity index (χ3n) is 2.67. The summed E-state index contributed by atoms with van der Waals surface area (Å²) in [5.41, 5.74) is 1.44. The molecule has 0 aliphatic carbocycles. The fourth-order valence-electron chi connectivity index (χ4n) is 1.63. The van der Waals surface area contributed by atoms with Crippen LogP contribution in [0.1, 0.15) is 12.5 Å². The summed E-state index contributed by atoms with van der Waals surface area (Å²) < 4.78 is 26.9. The van der Waals surface area contributed by atoms with Gasteiger partial charge in [0.05, 0.1) is 10.6 Å². The Hall–Kier alpha value is -1.08. The minimum Gasteiger partial charge on any atom is -0.313 e. The summed E-state index contributed by atoms with van der Waals surface area (Å²) in [5.74, 6) is 0. The molecule has 7 heteroatoms. The predicted molar refractivity (Wildman–Crippen MR) is 84.0 cm³/mol. The topological polar surface area (TPSA) is 58.2 Å². The highest BCUT2D eigenvalue weighted by Crippen LogP contribution is 2.23. The first-order chi connectivity index (χ1) is 9.53. The van der Waals surface area contributed by atoms with Crippen LogP contribution >= 0.6 is 22.9 Å². The second-order valence-electron chi connectivity index (χ2n) is 4.15. The summed E-state index contributed by atoms with van der Waals surface area (Å²) >= 11 is 7.55. The van der Waals surface area contributed by atoms with E-state index < -0.39 is 10.0 Å². The molecule has 0 spiro atoms. The van der Waals surface area contributed by atoms with Gasteiger partial charge in [-0.25, -0.2) is 8.42 Å². The number of rotatable bonds is 6. The van der Waals surface area contributed by atoms with Gasteiger partial charge in [0.1, 0.15) is 0 Å². The van der Waals surface area contributed by atoms with Crippen molar-refractivity contribution in [2.45, 2.75) is 18.4 Å². The SMILES string of the molecule is CCNCc1ccc(S(=O)(=O)Nc2ccsc2)cc1Cl. The number of nitrogens with one attached hydrogen (secondary N) is 2. The first kappa shape index (κ1) is 15.3. The van der Waals surface area contributed by atoms with Crippen molar-refractivity contribution in [1.82, 2.24) is 5.32 Å². The van der Waals surface area contributed by atoms with Crippen molar-refractivity contribution in [2.75, 3.05) is 11.3 Å². The molecular formula is C13H15ClN2O2S2. The summed E-state index contributed by atoms with van der Waals surface area (Å²) in [7, 11) is -3.59. The molecule has 0 atom stereocenters. The van der Waals surface area contributed by atoms with E-state index in [9.17, 15) is 8.42 Å². The zero-order valence-electron chi connectivity index (χ0n) is 10.9. The molecule has 0 aliphatic rings. The van der Waals surface area contributed by atoms with Gasteiger partial charge in [-0.3, -0.25) is 4.72 Å². The van der Waals surface area contributed by atoms with Crippen LogP contribution in [0, 0.1) is 0 Å². The number of halogens is 1. The minimum absolute atomic E-state index is 0.161. The molecule has 0 fully saturated rings. The van der Waals surface area contributed by atoms with E-state index in [-0.39, 0.29) is 4.90 Å². The Bertz CT molecular complexity index is 670. The molecule has 2 aromatic rings. The van der Waals surface area contributed by atoms with Gasteiger partial charge < -0.3 is 5.32 Å². The van der Waals surface area contributed by atoms with E-state index in [4.69, 9.17) is 11.6 Å². The largest absolute Gasteiger partial charge is 0.313 e. The highest BCUT2D eigenvalue weighted by Gasteiger charge is 2.16. The molecule has 20 heavy (non-hydrogen) atoms. The van der Waals surface area contributed by atoms with Crippen molar-refractivity contribution in [3.63, 3.8) is 0 Å². The Morgan fingerprint density at radius 2 is 2.10 bits per heavy atom. The van der Waals surface area contributed by atoms with Gasteiger partial charge in [-0.1, -0.05) is 24.6 Å². The molecule has 0 unspecified atom stereocenters. The molecule has 1 aromatic heterocycles. The molecule has 1 heterocycles. The van der Waals surface area contributed by atoms with Crippen LogP contribution in [0.25, 0.3) is 0 Å². The maximum Gasteiger partial charge on any atom is 0.261 e. The van der Waals surface area contributed by atoms with Gasteiger partial charge in [-0.15, -0.1) is 0 Å². The highest BCUT2D eigenvalue weighted by atomic mass is 35.5. The number of benzene rings is 1. The van der Waals surface area contributed by atoms with Crippen molar-refractivity contribution < 1.29 is 8.42 Å². The number of hydrogen-bond donors (Lipinski definition) is 2. The van der Waals surface area contributed by atoms with E-state index in [1.54, 1.807) is 23.6 Å². The number of hydrogen-bond acceptors (Lipinski definition) is 4. The fourth-order valence-corrected chi connectivity index (χ4v) is 3.68.